The molecule has 0 radical (unpaired) electrons. The van der Waals surface area contributed by atoms with Gasteiger partial charge in [0.25, 0.3) is 5.56 Å². The van der Waals surface area contributed by atoms with E-state index in [2.05, 4.69) is 9.97 Å². The average molecular weight is 235 g/mol. The molecule has 0 spiro atoms. The number of hydrogen-bond acceptors (Lipinski definition) is 2. The van der Waals surface area contributed by atoms with Crippen molar-refractivity contribution in [2.75, 3.05) is 0 Å². The molecule has 2 heterocycles. The van der Waals surface area contributed by atoms with Crippen LogP contribution >= 0.6 is 11.6 Å². The molecule has 1 fully saturated rings. The van der Waals surface area contributed by atoms with Gasteiger partial charge in [0.1, 0.15) is 0 Å². The first-order valence-electron chi connectivity index (χ1n) is 5.36. The lowest BCUT2D eigenvalue weighted by Crippen LogP contribution is -2.11. The number of aromatic amines is 1. The van der Waals surface area contributed by atoms with Gasteiger partial charge >= 0.3 is 0 Å². The van der Waals surface area contributed by atoms with Crippen LogP contribution in [0.15, 0.2) is 23.1 Å². The fourth-order valence-electron chi connectivity index (χ4n) is 1.91. The zero-order valence-electron chi connectivity index (χ0n) is 8.66. The highest BCUT2D eigenvalue weighted by atomic mass is 35.5. The first-order valence-corrected chi connectivity index (χ1v) is 5.89. The van der Waals surface area contributed by atoms with Crippen LogP contribution in [0.3, 0.4) is 0 Å². The summed E-state index contributed by atoms with van der Waals surface area (Å²) in [7, 11) is 0. The molecule has 0 amide bonds. The molecule has 0 atom stereocenters. The molecule has 3 nitrogen and oxygen atoms in total. The molecule has 2 aromatic rings. The van der Waals surface area contributed by atoms with Gasteiger partial charge in [-0.3, -0.25) is 9.78 Å². The fourth-order valence-corrected chi connectivity index (χ4v) is 2.06. The second-order valence-corrected chi connectivity index (χ2v) is 4.51. The van der Waals surface area contributed by atoms with E-state index in [9.17, 15) is 4.79 Å². The molecule has 1 saturated carbocycles. The molecule has 2 aromatic heterocycles. The zero-order chi connectivity index (χ0) is 11.1. The van der Waals surface area contributed by atoms with Crippen LogP contribution in [0, 0.1) is 0 Å². The lowest BCUT2D eigenvalue weighted by atomic mass is 10.1. The van der Waals surface area contributed by atoms with Crippen molar-refractivity contribution in [3.63, 3.8) is 0 Å². The lowest BCUT2D eigenvalue weighted by molar-refractivity contribution is 1.06. The number of fused-ring (bicyclic) bond motifs is 1. The van der Waals surface area contributed by atoms with Crippen molar-refractivity contribution in [3.8, 4) is 0 Å². The number of nitrogens with one attached hydrogen (secondary N) is 1. The molecule has 16 heavy (non-hydrogen) atoms. The van der Waals surface area contributed by atoms with Crippen molar-refractivity contribution in [1.29, 1.82) is 0 Å². The molecular weight excluding hydrogens is 224 g/mol. The number of rotatable bonds is 2. The summed E-state index contributed by atoms with van der Waals surface area (Å²) in [6.45, 7) is 0. The summed E-state index contributed by atoms with van der Waals surface area (Å²) < 4.78 is 0. The maximum absolute atomic E-state index is 11.8. The zero-order valence-corrected chi connectivity index (χ0v) is 9.42. The van der Waals surface area contributed by atoms with Crippen molar-refractivity contribution < 1.29 is 0 Å². The van der Waals surface area contributed by atoms with Crippen LogP contribution in [0.4, 0.5) is 0 Å². The predicted molar refractivity (Wildman–Crippen MR) is 63.9 cm³/mol. The first kappa shape index (κ1) is 9.85. The van der Waals surface area contributed by atoms with Gasteiger partial charge in [0, 0.05) is 17.6 Å². The normalized spacial score (nSPS) is 15.6. The molecule has 82 valence electrons. The Bertz CT molecular complexity index is 601. The predicted octanol–water partition coefficient (Wildman–Crippen LogP) is 2.54. The van der Waals surface area contributed by atoms with E-state index in [1.54, 1.807) is 6.20 Å². The minimum Gasteiger partial charge on any atom is -0.320 e. The topological polar surface area (TPSA) is 45.8 Å². The van der Waals surface area contributed by atoms with Crippen molar-refractivity contribution in [2.45, 2.75) is 24.6 Å². The molecule has 1 N–H and O–H groups in total. The highest BCUT2D eigenvalue weighted by Crippen LogP contribution is 2.38. The van der Waals surface area contributed by atoms with Crippen LogP contribution in [-0.4, -0.2) is 9.97 Å². The van der Waals surface area contributed by atoms with Crippen molar-refractivity contribution in [1.82, 2.24) is 9.97 Å². The summed E-state index contributed by atoms with van der Waals surface area (Å²) in [4.78, 5) is 19.0. The van der Waals surface area contributed by atoms with E-state index in [4.69, 9.17) is 11.6 Å². The molecular formula is C12H11ClN2O. The Balaban J connectivity index is 2.22. The third kappa shape index (κ3) is 1.61. The minimum atomic E-state index is 0.0172. The summed E-state index contributed by atoms with van der Waals surface area (Å²) in [5, 5.41) is 0. The van der Waals surface area contributed by atoms with E-state index in [0.29, 0.717) is 11.8 Å². The highest BCUT2D eigenvalue weighted by molar-refractivity contribution is 6.17. The van der Waals surface area contributed by atoms with E-state index in [-0.39, 0.29) is 5.56 Å². The van der Waals surface area contributed by atoms with E-state index in [1.807, 2.05) is 12.1 Å². The molecule has 3 rings (SSSR count). The summed E-state index contributed by atoms with van der Waals surface area (Å²) in [5.41, 5.74) is 3.43. The standard InChI is InChI=1S/C12H11ClN2O/c13-5-7-3-11-10(14-6-7)4-9(8-1-2-8)12(16)15-11/h3-4,6,8H,1-2,5H2,(H,15,16). The van der Waals surface area contributed by atoms with Crippen LogP contribution in [0.1, 0.15) is 29.9 Å². The Kier molecular flexibility index (Phi) is 2.21. The van der Waals surface area contributed by atoms with Gasteiger partial charge in [-0.05, 0) is 36.5 Å². The van der Waals surface area contributed by atoms with Crippen molar-refractivity contribution in [2.24, 2.45) is 0 Å². The number of hydrogen-bond donors (Lipinski definition) is 1. The van der Waals surface area contributed by atoms with Gasteiger partial charge in [0.15, 0.2) is 0 Å². The second kappa shape index (κ2) is 3.59. The monoisotopic (exact) mass is 234 g/mol. The van der Waals surface area contributed by atoms with Gasteiger partial charge in [-0.15, -0.1) is 11.6 Å². The van der Waals surface area contributed by atoms with Gasteiger partial charge in [-0.25, -0.2) is 0 Å². The van der Waals surface area contributed by atoms with Crippen LogP contribution in [0.5, 0.6) is 0 Å². The molecule has 0 saturated heterocycles. The van der Waals surface area contributed by atoms with E-state index in [1.165, 1.54) is 0 Å². The summed E-state index contributed by atoms with van der Waals surface area (Å²) >= 11 is 5.73. The lowest BCUT2D eigenvalue weighted by Gasteiger charge is -2.02. The van der Waals surface area contributed by atoms with Gasteiger partial charge in [-0.1, -0.05) is 0 Å². The highest BCUT2D eigenvalue weighted by Gasteiger charge is 2.26. The smallest absolute Gasteiger partial charge is 0.252 e. The Hall–Kier alpha value is -1.35. The second-order valence-electron chi connectivity index (χ2n) is 4.24. The van der Waals surface area contributed by atoms with Gasteiger partial charge in [0.05, 0.1) is 11.0 Å². The summed E-state index contributed by atoms with van der Waals surface area (Å²) in [5.74, 6) is 0.859. The van der Waals surface area contributed by atoms with Crippen LogP contribution in [-0.2, 0) is 5.88 Å². The van der Waals surface area contributed by atoms with Gasteiger partial charge in [-0.2, -0.15) is 0 Å². The van der Waals surface area contributed by atoms with Crippen LogP contribution < -0.4 is 5.56 Å². The van der Waals surface area contributed by atoms with Crippen LogP contribution in [0.25, 0.3) is 11.0 Å². The largest absolute Gasteiger partial charge is 0.320 e. The van der Waals surface area contributed by atoms with E-state index >= 15 is 0 Å². The summed E-state index contributed by atoms with van der Waals surface area (Å²) in [6.07, 6.45) is 3.99. The number of aromatic nitrogens is 2. The Labute approximate surface area is 97.5 Å². The van der Waals surface area contributed by atoms with E-state index < -0.39 is 0 Å². The maximum Gasteiger partial charge on any atom is 0.252 e. The first-order chi connectivity index (χ1) is 7.78. The Morgan fingerprint density at radius 3 is 2.94 bits per heavy atom. The molecule has 1 aliphatic rings. The number of nitrogens with zero attached hydrogens (tertiary/aromatic N) is 1. The minimum absolute atomic E-state index is 0.0172. The number of halogens is 1. The fraction of sp³-hybridized carbons (Fsp3) is 0.333. The molecule has 0 bridgehead atoms. The Morgan fingerprint density at radius 2 is 2.25 bits per heavy atom. The SMILES string of the molecule is O=c1[nH]c2cc(CCl)cnc2cc1C1CC1. The van der Waals surface area contributed by atoms with Crippen LogP contribution in [0.2, 0.25) is 0 Å². The average Bonchev–Trinajstić information content (AvgIpc) is 3.11. The summed E-state index contributed by atoms with van der Waals surface area (Å²) in [6, 6.07) is 3.79. The van der Waals surface area contributed by atoms with E-state index in [0.717, 1.165) is 35.0 Å². The third-order valence-electron chi connectivity index (χ3n) is 2.95. The number of pyridine rings is 2. The number of alkyl halides is 1. The number of H-pyrrole nitrogens is 1. The maximum atomic E-state index is 11.8. The molecule has 1 aliphatic carbocycles. The Morgan fingerprint density at radius 1 is 1.44 bits per heavy atom. The third-order valence-corrected chi connectivity index (χ3v) is 3.26. The molecule has 0 aromatic carbocycles. The van der Waals surface area contributed by atoms with Gasteiger partial charge < -0.3 is 4.98 Å². The van der Waals surface area contributed by atoms with Crippen molar-refractivity contribution >= 4 is 22.6 Å². The molecule has 0 unspecified atom stereocenters. The van der Waals surface area contributed by atoms with Crippen molar-refractivity contribution in [3.05, 3.63) is 39.8 Å². The quantitative estimate of drug-likeness (QED) is 0.812. The molecule has 0 aliphatic heterocycles. The van der Waals surface area contributed by atoms with Gasteiger partial charge in [0.2, 0.25) is 0 Å². The molecule has 4 heteroatoms.